The summed E-state index contributed by atoms with van der Waals surface area (Å²) in [5, 5.41) is 16.2. The predicted molar refractivity (Wildman–Crippen MR) is 139 cm³/mol. The van der Waals surface area contributed by atoms with Crippen LogP contribution >= 0.6 is 11.6 Å². The van der Waals surface area contributed by atoms with E-state index in [2.05, 4.69) is 35.7 Å². The number of aromatic hydroxyl groups is 1. The van der Waals surface area contributed by atoms with Gasteiger partial charge in [0.1, 0.15) is 5.75 Å². The van der Waals surface area contributed by atoms with Gasteiger partial charge in [0.2, 0.25) is 5.91 Å². The zero-order valence-corrected chi connectivity index (χ0v) is 19.3. The second-order valence-corrected chi connectivity index (χ2v) is 9.59. The predicted octanol–water partition coefficient (Wildman–Crippen LogP) is 6.57. The first kappa shape index (κ1) is 21.0. The van der Waals surface area contributed by atoms with Crippen molar-refractivity contribution >= 4 is 40.0 Å². The minimum atomic E-state index is -0.620. The number of phenols is 1. The Morgan fingerprint density at radius 1 is 0.971 bits per heavy atom. The summed E-state index contributed by atoms with van der Waals surface area (Å²) in [4.78, 5) is 13.6. The number of phenolic OH excluding ortho intramolecular Hbond substituents is 1. The number of amides is 1. The first-order valence-electron chi connectivity index (χ1n) is 11.6. The molecule has 2 atom stereocenters. The van der Waals surface area contributed by atoms with Crippen molar-refractivity contribution in [1.82, 2.24) is 0 Å². The summed E-state index contributed by atoms with van der Waals surface area (Å²) in [6.45, 7) is 0. The van der Waals surface area contributed by atoms with E-state index in [0.29, 0.717) is 12.3 Å². The second kappa shape index (κ2) is 8.03. The van der Waals surface area contributed by atoms with E-state index in [0.717, 1.165) is 50.7 Å². The SMILES string of the molecule is O=C1Nc2ccc(CCCl)cc2C1C1(Cc2ccc3ccccc3c2O)C=Cc2ccccc21. The summed E-state index contributed by atoms with van der Waals surface area (Å²) >= 11 is 6.02. The first-order chi connectivity index (χ1) is 16.6. The largest absolute Gasteiger partial charge is 0.507 e. The van der Waals surface area contributed by atoms with Crippen LogP contribution in [-0.4, -0.2) is 16.9 Å². The number of rotatable bonds is 5. The van der Waals surface area contributed by atoms with Crippen molar-refractivity contribution in [1.29, 1.82) is 0 Å². The third kappa shape index (κ3) is 3.15. The average molecular weight is 466 g/mol. The lowest BCUT2D eigenvalue weighted by molar-refractivity contribution is -0.118. The number of halogens is 1. The monoisotopic (exact) mass is 465 g/mol. The van der Waals surface area contributed by atoms with Crippen LogP contribution in [0.4, 0.5) is 5.69 Å². The molecule has 2 aliphatic rings. The molecule has 34 heavy (non-hydrogen) atoms. The molecule has 1 amide bonds. The molecule has 1 aliphatic carbocycles. The van der Waals surface area contributed by atoms with E-state index >= 15 is 0 Å². The zero-order valence-electron chi connectivity index (χ0n) is 18.6. The third-order valence-electron chi connectivity index (χ3n) is 7.33. The molecular weight excluding hydrogens is 442 g/mol. The second-order valence-electron chi connectivity index (χ2n) is 9.22. The summed E-state index contributed by atoms with van der Waals surface area (Å²) in [6.07, 6.45) is 5.54. The fraction of sp³-hybridized carbons (Fsp3) is 0.167. The van der Waals surface area contributed by atoms with E-state index in [9.17, 15) is 9.90 Å². The molecule has 2 N–H and O–H groups in total. The standard InChI is InChI=1S/C30H24ClNO2/c31-16-14-19-9-12-26-24(17-19)27(29(34)32-26)30(15-13-21-6-2-4-8-25(21)30)18-22-11-10-20-5-1-3-7-23(20)28(22)33/h1-13,15,17,27,33H,14,16,18H2,(H,32,34). The lowest BCUT2D eigenvalue weighted by atomic mass is 9.65. The number of benzene rings is 4. The summed E-state index contributed by atoms with van der Waals surface area (Å²) in [6, 6.07) is 26.3. The van der Waals surface area contributed by atoms with Crippen LogP contribution in [-0.2, 0) is 23.1 Å². The van der Waals surface area contributed by atoms with Gasteiger partial charge in [-0.05, 0) is 52.1 Å². The highest BCUT2D eigenvalue weighted by atomic mass is 35.5. The molecule has 0 spiro atoms. The fourth-order valence-electron chi connectivity index (χ4n) is 5.75. The molecule has 0 saturated carbocycles. The number of anilines is 1. The van der Waals surface area contributed by atoms with E-state index in [4.69, 9.17) is 11.6 Å². The lowest BCUT2D eigenvalue weighted by Crippen LogP contribution is -2.37. The highest BCUT2D eigenvalue weighted by Gasteiger charge is 2.50. The number of carbonyl (C=O) groups is 1. The van der Waals surface area contributed by atoms with Crippen molar-refractivity contribution in [2.75, 3.05) is 11.2 Å². The summed E-state index contributed by atoms with van der Waals surface area (Å²) < 4.78 is 0. The van der Waals surface area contributed by atoms with Gasteiger partial charge >= 0.3 is 0 Å². The van der Waals surface area contributed by atoms with E-state index in [1.807, 2.05) is 60.7 Å². The smallest absolute Gasteiger partial charge is 0.233 e. The zero-order chi connectivity index (χ0) is 23.3. The maximum Gasteiger partial charge on any atom is 0.233 e. The molecule has 4 aromatic rings. The molecule has 0 aromatic heterocycles. The topological polar surface area (TPSA) is 49.3 Å². The van der Waals surface area contributed by atoms with Crippen molar-refractivity contribution in [3.05, 3.63) is 113 Å². The number of hydrogen-bond donors (Lipinski definition) is 2. The van der Waals surface area contributed by atoms with Gasteiger partial charge in [-0.2, -0.15) is 0 Å². The van der Waals surface area contributed by atoms with Gasteiger partial charge in [-0.15, -0.1) is 11.6 Å². The third-order valence-corrected chi connectivity index (χ3v) is 7.52. The summed E-state index contributed by atoms with van der Waals surface area (Å²) in [5.74, 6) is 0.386. The molecule has 0 radical (unpaired) electrons. The molecule has 4 aromatic carbocycles. The van der Waals surface area contributed by atoms with Crippen LogP contribution in [0.15, 0.2) is 84.9 Å². The van der Waals surface area contributed by atoms with Crippen LogP contribution in [0, 0.1) is 0 Å². The average Bonchev–Trinajstić information content (AvgIpc) is 3.38. The van der Waals surface area contributed by atoms with Crippen molar-refractivity contribution in [2.45, 2.75) is 24.2 Å². The Balaban J connectivity index is 1.55. The number of aryl methyl sites for hydroxylation is 1. The molecule has 3 nitrogen and oxygen atoms in total. The quantitative estimate of drug-likeness (QED) is 0.327. The molecule has 0 saturated heterocycles. The van der Waals surface area contributed by atoms with Crippen LogP contribution in [0.2, 0.25) is 0 Å². The van der Waals surface area contributed by atoms with Crippen molar-refractivity contribution in [2.24, 2.45) is 0 Å². The number of hydrogen-bond acceptors (Lipinski definition) is 2. The molecule has 4 heteroatoms. The van der Waals surface area contributed by atoms with Crippen molar-refractivity contribution in [3.63, 3.8) is 0 Å². The van der Waals surface area contributed by atoms with Gasteiger partial charge in [0.05, 0.1) is 5.92 Å². The van der Waals surface area contributed by atoms with Crippen LogP contribution < -0.4 is 5.32 Å². The van der Waals surface area contributed by atoms with Gasteiger partial charge in [-0.3, -0.25) is 4.79 Å². The van der Waals surface area contributed by atoms with Gasteiger partial charge in [0, 0.05) is 22.4 Å². The molecule has 1 aliphatic heterocycles. The Labute approximate surface area is 203 Å². The van der Waals surface area contributed by atoms with Gasteiger partial charge < -0.3 is 10.4 Å². The molecule has 0 fully saturated rings. The van der Waals surface area contributed by atoms with Crippen LogP contribution in [0.3, 0.4) is 0 Å². The first-order valence-corrected chi connectivity index (χ1v) is 12.1. The maximum absolute atomic E-state index is 13.6. The Bertz CT molecular complexity index is 1470. The molecule has 168 valence electrons. The number of fused-ring (bicyclic) bond motifs is 3. The number of carbonyl (C=O) groups excluding carboxylic acids is 1. The normalized spacial score (nSPS) is 20.4. The van der Waals surface area contributed by atoms with Crippen LogP contribution in [0.25, 0.3) is 16.8 Å². The highest BCUT2D eigenvalue weighted by molar-refractivity contribution is 6.18. The van der Waals surface area contributed by atoms with E-state index in [-0.39, 0.29) is 11.7 Å². The number of allylic oxidation sites excluding steroid dienone is 1. The highest BCUT2D eigenvalue weighted by Crippen LogP contribution is 2.53. The van der Waals surface area contributed by atoms with Gasteiger partial charge in [0.25, 0.3) is 0 Å². The lowest BCUT2D eigenvalue weighted by Gasteiger charge is -2.35. The minimum absolute atomic E-state index is 0.0142. The number of alkyl halides is 1. The Hall–Kier alpha value is -3.56. The summed E-state index contributed by atoms with van der Waals surface area (Å²) in [7, 11) is 0. The maximum atomic E-state index is 13.6. The van der Waals surface area contributed by atoms with Gasteiger partial charge in [-0.1, -0.05) is 84.9 Å². The van der Waals surface area contributed by atoms with Crippen LogP contribution in [0.1, 0.15) is 33.7 Å². The molecule has 2 unspecified atom stereocenters. The molecule has 0 bridgehead atoms. The van der Waals surface area contributed by atoms with Crippen molar-refractivity contribution in [3.8, 4) is 5.75 Å². The Morgan fingerprint density at radius 3 is 2.68 bits per heavy atom. The Kier molecular flexibility index (Phi) is 4.96. The van der Waals surface area contributed by atoms with E-state index in [1.54, 1.807) is 0 Å². The molecule has 1 heterocycles. The van der Waals surface area contributed by atoms with E-state index < -0.39 is 11.3 Å². The van der Waals surface area contributed by atoms with Gasteiger partial charge in [0.15, 0.2) is 0 Å². The fourth-order valence-corrected chi connectivity index (χ4v) is 5.97. The molecule has 6 rings (SSSR count). The van der Waals surface area contributed by atoms with Crippen molar-refractivity contribution < 1.29 is 9.90 Å². The molecular formula is C30H24ClNO2. The minimum Gasteiger partial charge on any atom is -0.507 e. The number of nitrogens with one attached hydrogen (secondary N) is 1. The van der Waals surface area contributed by atoms with Crippen LogP contribution in [0.5, 0.6) is 5.75 Å². The summed E-state index contributed by atoms with van der Waals surface area (Å²) in [5.41, 5.74) is 5.40. The Morgan fingerprint density at radius 2 is 1.79 bits per heavy atom. The van der Waals surface area contributed by atoms with E-state index in [1.165, 1.54) is 0 Å². The van der Waals surface area contributed by atoms with Gasteiger partial charge in [-0.25, -0.2) is 0 Å².